The number of nitrogens with zero attached hydrogens (tertiary/aromatic N) is 2. The summed E-state index contributed by atoms with van der Waals surface area (Å²) in [5.41, 5.74) is 2.57. The van der Waals surface area contributed by atoms with Crippen molar-refractivity contribution < 1.29 is 13.2 Å². The minimum Gasteiger partial charge on any atom is -0.310 e. The highest BCUT2D eigenvalue weighted by Gasteiger charge is 2.31. The number of carbonyl (C=O) groups is 1. The highest BCUT2D eigenvalue weighted by molar-refractivity contribution is 9.10. The van der Waals surface area contributed by atoms with Crippen molar-refractivity contribution in [1.82, 2.24) is 9.62 Å². The SMILES string of the molecule is CCC(=O)N1CCc2cc(Br)cc(S(=O)(=O)NCCN(C)Cc3ccccc3)c21. The third kappa shape index (κ3) is 5.25. The normalized spacial score (nSPS) is 13.7. The van der Waals surface area contributed by atoms with Gasteiger partial charge in [0.1, 0.15) is 4.90 Å². The van der Waals surface area contributed by atoms with Gasteiger partial charge >= 0.3 is 0 Å². The number of hydrogen-bond donors (Lipinski definition) is 1. The number of amides is 1. The molecule has 1 amide bonds. The summed E-state index contributed by atoms with van der Waals surface area (Å²) in [5.74, 6) is -0.0647. The van der Waals surface area contributed by atoms with E-state index in [-0.39, 0.29) is 17.3 Å². The van der Waals surface area contributed by atoms with Crippen LogP contribution < -0.4 is 9.62 Å². The minimum atomic E-state index is -3.75. The molecule has 0 saturated carbocycles. The highest BCUT2D eigenvalue weighted by atomic mass is 79.9. The lowest BCUT2D eigenvalue weighted by Crippen LogP contribution is -2.34. The number of hydrogen-bond acceptors (Lipinski definition) is 4. The Hall–Kier alpha value is -1.74. The third-order valence-electron chi connectivity index (χ3n) is 4.97. The van der Waals surface area contributed by atoms with Crippen molar-refractivity contribution in [2.24, 2.45) is 0 Å². The predicted molar refractivity (Wildman–Crippen MR) is 118 cm³/mol. The molecule has 1 heterocycles. The van der Waals surface area contributed by atoms with Gasteiger partial charge in [0, 0.05) is 37.1 Å². The van der Waals surface area contributed by atoms with Gasteiger partial charge in [0.2, 0.25) is 15.9 Å². The molecule has 29 heavy (non-hydrogen) atoms. The first kappa shape index (κ1) is 22.0. The van der Waals surface area contributed by atoms with Crippen LogP contribution in [-0.4, -0.2) is 45.9 Å². The number of benzene rings is 2. The molecule has 1 aliphatic rings. The van der Waals surface area contributed by atoms with Crippen LogP contribution in [0.25, 0.3) is 0 Å². The van der Waals surface area contributed by atoms with Crippen molar-refractivity contribution in [1.29, 1.82) is 0 Å². The molecular weight excluding hydrogens is 454 g/mol. The van der Waals surface area contributed by atoms with Crippen molar-refractivity contribution in [3.63, 3.8) is 0 Å². The van der Waals surface area contributed by atoms with Crippen LogP contribution in [0.5, 0.6) is 0 Å². The van der Waals surface area contributed by atoms with Crippen molar-refractivity contribution in [3.8, 4) is 0 Å². The molecule has 0 saturated heterocycles. The number of nitrogens with one attached hydrogen (secondary N) is 1. The molecule has 0 fully saturated rings. The quantitative estimate of drug-likeness (QED) is 0.631. The van der Waals surface area contributed by atoms with Crippen LogP contribution in [-0.2, 0) is 27.8 Å². The zero-order chi connectivity index (χ0) is 21.0. The number of likely N-dealkylation sites (N-methyl/N-ethyl adjacent to an activating group) is 1. The number of carbonyl (C=O) groups excluding carboxylic acids is 1. The average molecular weight is 480 g/mol. The zero-order valence-corrected chi connectivity index (χ0v) is 19.1. The van der Waals surface area contributed by atoms with Gasteiger partial charge in [0.05, 0.1) is 5.69 Å². The molecule has 0 aliphatic carbocycles. The van der Waals surface area contributed by atoms with E-state index in [9.17, 15) is 13.2 Å². The topological polar surface area (TPSA) is 69.7 Å². The largest absolute Gasteiger partial charge is 0.310 e. The molecule has 0 atom stereocenters. The molecule has 1 aliphatic heterocycles. The number of anilines is 1. The lowest BCUT2D eigenvalue weighted by atomic mass is 10.2. The van der Waals surface area contributed by atoms with E-state index >= 15 is 0 Å². The van der Waals surface area contributed by atoms with E-state index in [1.54, 1.807) is 17.9 Å². The van der Waals surface area contributed by atoms with Crippen molar-refractivity contribution in [2.45, 2.75) is 31.2 Å². The van der Waals surface area contributed by atoms with Gasteiger partial charge in [-0.15, -0.1) is 0 Å². The van der Waals surface area contributed by atoms with Crippen LogP contribution in [0, 0.1) is 0 Å². The first-order chi connectivity index (χ1) is 13.8. The predicted octanol–water partition coefficient (Wildman–Crippen LogP) is 3.16. The summed E-state index contributed by atoms with van der Waals surface area (Å²) in [5, 5.41) is 0. The van der Waals surface area contributed by atoms with Crippen LogP contribution >= 0.6 is 15.9 Å². The molecule has 0 aromatic heterocycles. The van der Waals surface area contributed by atoms with Gasteiger partial charge < -0.3 is 9.80 Å². The maximum Gasteiger partial charge on any atom is 0.242 e. The van der Waals surface area contributed by atoms with Crippen LogP contribution in [0.15, 0.2) is 51.8 Å². The summed E-state index contributed by atoms with van der Waals surface area (Å²) < 4.78 is 29.5. The summed E-state index contributed by atoms with van der Waals surface area (Å²) in [6.45, 7) is 3.90. The Kier molecular flexibility index (Phi) is 7.10. The molecule has 0 unspecified atom stereocenters. The number of fused-ring (bicyclic) bond motifs is 1. The second-order valence-corrected chi connectivity index (χ2v) is 9.83. The highest BCUT2D eigenvalue weighted by Crippen LogP contribution is 2.37. The molecule has 1 N–H and O–H groups in total. The fourth-order valence-corrected chi connectivity index (χ4v) is 5.49. The number of halogens is 1. The average Bonchev–Trinajstić information content (AvgIpc) is 3.10. The van der Waals surface area contributed by atoms with E-state index < -0.39 is 10.0 Å². The fraction of sp³-hybridized carbons (Fsp3) is 0.381. The Morgan fingerprint density at radius 2 is 1.97 bits per heavy atom. The molecule has 0 bridgehead atoms. The van der Waals surface area contributed by atoms with E-state index in [1.165, 1.54) is 5.56 Å². The molecule has 8 heteroatoms. The maximum atomic E-state index is 13.1. The monoisotopic (exact) mass is 479 g/mol. The van der Waals surface area contributed by atoms with E-state index in [1.807, 2.05) is 43.4 Å². The van der Waals surface area contributed by atoms with E-state index in [0.717, 1.165) is 12.1 Å². The first-order valence-electron chi connectivity index (χ1n) is 9.66. The Bertz CT molecular complexity index is 980. The summed E-state index contributed by atoms with van der Waals surface area (Å²) in [7, 11) is -1.79. The van der Waals surface area contributed by atoms with Crippen LogP contribution in [0.3, 0.4) is 0 Å². The van der Waals surface area contributed by atoms with Gasteiger partial charge in [-0.05, 0) is 36.7 Å². The zero-order valence-electron chi connectivity index (χ0n) is 16.7. The Labute approximate surface area is 181 Å². The van der Waals surface area contributed by atoms with Gasteiger partial charge in [0.25, 0.3) is 0 Å². The maximum absolute atomic E-state index is 13.1. The van der Waals surface area contributed by atoms with Crippen molar-refractivity contribution in [2.75, 3.05) is 31.6 Å². The molecule has 0 spiro atoms. The van der Waals surface area contributed by atoms with Gasteiger partial charge in [-0.2, -0.15) is 0 Å². The summed E-state index contributed by atoms with van der Waals surface area (Å²) in [6, 6.07) is 13.5. The summed E-state index contributed by atoms with van der Waals surface area (Å²) in [4.78, 5) is 16.1. The number of sulfonamides is 1. The van der Waals surface area contributed by atoms with Crippen LogP contribution in [0.1, 0.15) is 24.5 Å². The minimum absolute atomic E-state index is 0.0647. The molecule has 2 aromatic rings. The Balaban J connectivity index is 1.72. The van der Waals surface area contributed by atoms with Crippen molar-refractivity contribution in [3.05, 3.63) is 58.1 Å². The molecule has 3 rings (SSSR count). The lowest BCUT2D eigenvalue weighted by Gasteiger charge is -2.21. The van der Waals surface area contributed by atoms with Gasteiger partial charge in [-0.1, -0.05) is 53.2 Å². The van der Waals surface area contributed by atoms with Crippen LogP contribution in [0.4, 0.5) is 5.69 Å². The summed E-state index contributed by atoms with van der Waals surface area (Å²) >= 11 is 3.41. The van der Waals surface area contributed by atoms with Gasteiger partial charge in [0.15, 0.2) is 0 Å². The van der Waals surface area contributed by atoms with Gasteiger partial charge in [-0.25, -0.2) is 13.1 Å². The van der Waals surface area contributed by atoms with E-state index in [4.69, 9.17) is 0 Å². The third-order valence-corrected chi connectivity index (χ3v) is 6.90. The molecule has 2 aromatic carbocycles. The fourth-order valence-electron chi connectivity index (χ4n) is 3.54. The standard InChI is InChI=1S/C21H26BrN3O3S/c1-3-20(26)25-11-9-17-13-18(22)14-19(21(17)25)29(27,28)23-10-12-24(2)15-16-7-5-4-6-8-16/h4-8,13-14,23H,3,9-12,15H2,1-2H3. The second kappa shape index (κ2) is 9.38. The second-order valence-electron chi connectivity index (χ2n) is 7.18. The Morgan fingerprint density at radius 1 is 1.24 bits per heavy atom. The van der Waals surface area contributed by atoms with E-state index in [0.29, 0.717) is 36.1 Å². The number of rotatable bonds is 8. The molecule has 6 nitrogen and oxygen atoms in total. The molecule has 156 valence electrons. The van der Waals surface area contributed by atoms with Crippen molar-refractivity contribution >= 4 is 37.5 Å². The Morgan fingerprint density at radius 3 is 2.66 bits per heavy atom. The smallest absolute Gasteiger partial charge is 0.242 e. The van der Waals surface area contributed by atoms with E-state index in [2.05, 4.69) is 25.6 Å². The lowest BCUT2D eigenvalue weighted by molar-refractivity contribution is -0.118. The van der Waals surface area contributed by atoms with Crippen LogP contribution in [0.2, 0.25) is 0 Å². The molecular formula is C21H26BrN3O3S. The first-order valence-corrected chi connectivity index (χ1v) is 11.9. The molecule has 0 radical (unpaired) electrons. The van der Waals surface area contributed by atoms with Gasteiger partial charge in [-0.3, -0.25) is 4.79 Å². The summed E-state index contributed by atoms with van der Waals surface area (Å²) in [6.07, 6.45) is 0.996.